The Hall–Kier alpha value is -0.870. The van der Waals surface area contributed by atoms with Gasteiger partial charge in [-0.15, -0.1) is 0 Å². The number of hydrogen-bond donors (Lipinski definition) is 0. The van der Waals surface area contributed by atoms with E-state index in [1.165, 1.54) is 0 Å². The van der Waals surface area contributed by atoms with Gasteiger partial charge in [-0.1, -0.05) is 24.6 Å². The molecule has 3 nitrogen and oxygen atoms in total. The molecule has 0 aromatic heterocycles. The van der Waals surface area contributed by atoms with E-state index in [2.05, 4.69) is 0 Å². The van der Waals surface area contributed by atoms with Gasteiger partial charge >= 0.3 is 0 Å². The van der Waals surface area contributed by atoms with Crippen molar-refractivity contribution in [2.75, 3.05) is 0 Å². The summed E-state index contributed by atoms with van der Waals surface area (Å²) >= 11 is 0. The molecule has 1 rings (SSSR count). The van der Waals surface area contributed by atoms with Crippen molar-refractivity contribution < 1.29 is 12.6 Å². The molecule has 1 aromatic carbocycles. The summed E-state index contributed by atoms with van der Waals surface area (Å²) in [5.74, 6) is 0. The molecule has 0 saturated carbocycles. The molecule has 1 unspecified atom stereocenters. The van der Waals surface area contributed by atoms with E-state index in [0.717, 1.165) is 11.1 Å². The average Bonchev–Trinajstić information content (AvgIpc) is 2.16. The molecular weight excluding hydrogens is 224 g/mol. The third-order valence-corrected chi connectivity index (χ3v) is 4.04. The van der Waals surface area contributed by atoms with E-state index in [1.54, 1.807) is 26.0 Å². The maximum absolute atomic E-state index is 11.9. The highest BCUT2D eigenvalue weighted by molar-refractivity contribution is 7.86. The zero-order valence-corrected chi connectivity index (χ0v) is 11.0. The van der Waals surface area contributed by atoms with Gasteiger partial charge in [0.25, 0.3) is 10.1 Å². The van der Waals surface area contributed by atoms with Crippen LogP contribution in [-0.2, 0) is 14.3 Å². The SMILES string of the molecule is CCC(C)OS(=O)(=O)c1ccc(C)cc1C. The Morgan fingerprint density at radius 2 is 1.94 bits per heavy atom. The highest BCUT2D eigenvalue weighted by Crippen LogP contribution is 2.20. The molecule has 0 fully saturated rings. The van der Waals surface area contributed by atoms with Crippen LogP contribution in [-0.4, -0.2) is 14.5 Å². The van der Waals surface area contributed by atoms with Gasteiger partial charge < -0.3 is 0 Å². The van der Waals surface area contributed by atoms with Crippen LogP contribution in [0.15, 0.2) is 23.1 Å². The standard InChI is InChI=1S/C12H18O3S/c1-5-11(4)15-16(13,14)12-7-6-9(2)8-10(12)3/h6-8,11H,5H2,1-4H3. The maximum atomic E-state index is 11.9. The van der Waals surface area contributed by atoms with Crippen molar-refractivity contribution in [1.29, 1.82) is 0 Å². The molecule has 0 amide bonds. The zero-order chi connectivity index (χ0) is 12.3. The Morgan fingerprint density at radius 3 is 2.44 bits per heavy atom. The van der Waals surface area contributed by atoms with Crippen LogP contribution < -0.4 is 0 Å². The molecule has 0 spiro atoms. The molecule has 1 atom stereocenters. The summed E-state index contributed by atoms with van der Waals surface area (Å²) in [5.41, 5.74) is 1.77. The summed E-state index contributed by atoms with van der Waals surface area (Å²) in [5, 5.41) is 0. The van der Waals surface area contributed by atoms with Crippen molar-refractivity contribution in [2.24, 2.45) is 0 Å². The van der Waals surface area contributed by atoms with Gasteiger partial charge in [0, 0.05) is 0 Å². The molecule has 0 bridgehead atoms. The smallest absolute Gasteiger partial charge is 0.263 e. The van der Waals surface area contributed by atoms with E-state index in [1.807, 2.05) is 19.9 Å². The molecule has 0 aliphatic carbocycles. The van der Waals surface area contributed by atoms with Crippen molar-refractivity contribution in [1.82, 2.24) is 0 Å². The summed E-state index contributed by atoms with van der Waals surface area (Å²) in [6, 6.07) is 5.22. The lowest BCUT2D eigenvalue weighted by molar-refractivity contribution is 0.224. The Kier molecular flexibility index (Phi) is 4.10. The number of hydrogen-bond acceptors (Lipinski definition) is 3. The van der Waals surface area contributed by atoms with Crippen LogP contribution in [0.3, 0.4) is 0 Å². The van der Waals surface area contributed by atoms with E-state index in [0.29, 0.717) is 6.42 Å². The Bertz CT molecular complexity index is 463. The van der Waals surface area contributed by atoms with E-state index < -0.39 is 10.1 Å². The zero-order valence-electron chi connectivity index (χ0n) is 10.1. The Balaban J connectivity index is 3.08. The van der Waals surface area contributed by atoms with Crippen LogP contribution >= 0.6 is 0 Å². The van der Waals surface area contributed by atoms with Crippen LogP contribution in [0.2, 0.25) is 0 Å². The number of benzene rings is 1. The fourth-order valence-corrected chi connectivity index (χ4v) is 2.78. The predicted octanol–water partition coefficient (Wildman–Crippen LogP) is 2.81. The first-order valence-corrected chi connectivity index (χ1v) is 6.78. The van der Waals surface area contributed by atoms with Crippen molar-refractivity contribution in [3.05, 3.63) is 29.3 Å². The highest BCUT2D eigenvalue weighted by Gasteiger charge is 2.20. The molecule has 0 aliphatic rings. The van der Waals surface area contributed by atoms with Gasteiger partial charge in [-0.2, -0.15) is 8.42 Å². The van der Waals surface area contributed by atoms with Crippen molar-refractivity contribution in [3.63, 3.8) is 0 Å². The van der Waals surface area contributed by atoms with Gasteiger partial charge in [0.2, 0.25) is 0 Å². The van der Waals surface area contributed by atoms with Crippen molar-refractivity contribution in [2.45, 2.75) is 45.1 Å². The van der Waals surface area contributed by atoms with Crippen molar-refractivity contribution >= 4 is 10.1 Å². The van der Waals surface area contributed by atoms with Crippen LogP contribution in [0.5, 0.6) is 0 Å². The minimum atomic E-state index is -3.62. The molecule has 0 heterocycles. The second-order valence-electron chi connectivity index (χ2n) is 4.04. The minimum absolute atomic E-state index is 0.262. The van der Waals surface area contributed by atoms with Crippen molar-refractivity contribution in [3.8, 4) is 0 Å². The first-order valence-electron chi connectivity index (χ1n) is 5.37. The minimum Gasteiger partial charge on any atom is -0.263 e. The molecular formula is C12H18O3S. The summed E-state index contributed by atoms with van der Waals surface area (Å²) in [4.78, 5) is 0.262. The van der Waals surface area contributed by atoms with Gasteiger partial charge in [0.1, 0.15) is 0 Å². The van der Waals surface area contributed by atoms with Gasteiger partial charge in [-0.05, 0) is 38.8 Å². The highest BCUT2D eigenvalue weighted by atomic mass is 32.2. The van der Waals surface area contributed by atoms with Crippen LogP contribution in [0.4, 0.5) is 0 Å². The lowest BCUT2D eigenvalue weighted by Crippen LogP contribution is -2.15. The van der Waals surface area contributed by atoms with E-state index in [-0.39, 0.29) is 11.0 Å². The molecule has 0 saturated heterocycles. The maximum Gasteiger partial charge on any atom is 0.297 e. The largest absolute Gasteiger partial charge is 0.297 e. The lowest BCUT2D eigenvalue weighted by atomic mass is 10.2. The van der Waals surface area contributed by atoms with Gasteiger partial charge in [-0.25, -0.2) is 0 Å². The van der Waals surface area contributed by atoms with E-state index >= 15 is 0 Å². The second-order valence-corrected chi connectivity index (χ2v) is 5.58. The Labute approximate surface area is 97.6 Å². The van der Waals surface area contributed by atoms with Gasteiger partial charge in [0.15, 0.2) is 0 Å². The van der Waals surface area contributed by atoms with Crippen LogP contribution in [0.1, 0.15) is 31.4 Å². The fraction of sp³-hybridized carbons (Fsp3) is 0.500. The van der Waals surface area contributed by atoms with E-state index in [9.17, 15) is 8.42 Å². The summed E-state index contributed by atoms with van der Waals surface area (Å²) in [7, 11) is -3.62. The van der Waals surface area contributed by atoms with E-state index in [4.69, 9.17) is 4.18 Å². The molecule has 0 N–H and O–H groups in total. The summed E-state index contributed by atoms with van der Waals surface area (Å²) < 4.78 is 28.9. The normalized spacial score (nSPS) is 13.8. The molecule has 0 radical (unpaired) electrons. The third-order valence-electron chi connectivity index (χ3n) is 2.47. The summed E-state index contributed by atoms with van der Waals surface area (Å²) in [6.07, 6.45) is 0.384. The topological polar surface area (TPSA) is 43.4 Å². The predicted molar refractivity (Wildman–Crippen MR) is 63.9 cm³/mol. The lowest BCUT2D eigenvalue weighted by Gasteiger charge is -2.12. The fourth-order valence-electron chi connectivity index (χ4n) is 1.42. The summed E-state index contributed by atoms with van der Waals surface area (Å²) in [6.45, 7) is 7.35. The second kappa shape index (κ2) is 4.97. The monoisotopic (exact) mass is 242 g/mol. The van der Waals surface area contributed by atoms with Crippen LogP contribution in [0, 0.1) is 13.8 Å². The quantitative estimate of drug-likeness (QED) is 0.762. The third kappa shape index (κ3) is 3.06. The number of rotatable bonds is 4. The molecule has 4 heteroatoms. The van der Waals surface area contributed by atoms with Gasteiger partial charge in [0.05, 0.1) is 11.0 Å². The number of aryl methyl sites for hydroxylation is 2. The molecule has 1 aromatic rings. The molecule has 90 valence electrons. The first-order chi connectivity index (χ1) is 7.36. The Morgan fingerprint density at radius 1 is 1.31 bits per heavy atom. The van der Waals surface area contributed by atoms with Crippen LogP contribution in [0.25, 0.3) is 0 Å². The average molecular weight is 242 g/mol. The molecule has 16 heavy (non-hydrogen) atoms. The first kappa shape index (κ1) is 13.2. The molecule has 0 aliphatic heterocycles. The van der Waals surface area contributed by atoms with Gasteiger partial charge in [-0.3, -0.25) is 4.18 Å².